The zero-order chi connectivity index (χ0) is 17.9. The van der Waals surface area contributed by atoms with Crippen LogP contribution in [0.2, 0.25) is 0 Å². The first-order chi connectivity index (χ1) is 11.9. The monoisotopic (exact) mass is 341 g/mol. The van der Waals surface area contributed by atoms with Crippen molar-refractivity contribution in [3.05, 3.63) is 89.0 Å². The van der Waals surface area contributed by atoms with Crippen LogP contribution >= 0.6 is 0 Å². The number of nitro benzene ring substituents is 2. The average molecular weight is 341 g/mol. The van der Waals surface area contributed by atoms with Gasteiger partial charge in [0.2, 0.25) is 0 Å². The number of rotatable bonds is 3. The molecule has 3 aliphatic rings. The minimum atomic E-state index is -1.68. The number of hydrogen-bond acceptors (Lipinski definition) is 6. The maximum Gasteiger partial charge on any atom is 0.273 e. The van der Waals surface area contributed by atoms with Crippen LogP contribution in [-0.4, -0.2) is 14.8 Å². The molecule has 126 valence electrons. The van der Waals surface area contributed by atoms with Crippen LogP contribution in [-0.2, 0) is 5.54 Å². The van der Waals surface area contributed by atoms with Crippen LogP contribution in [0, 0.1) is 30.3 Å². The molecule has 9 heteroatoms. The normalized spacial score (nSPS) is 22.8. The molecule has 0 unspecified atom stereocenters. The largest absolute Gasteiger partial charge is 0.273 e. The topological polar surface area (TPSA) is 129 Å². The fraction of sp³-hybridized carbons (Fsp3) is 0.250. The van der Waals surface area contributed by atoms with E-state index in [9.17, 15) is 30.3 Å². The fourth-order valence-electron chi connectivity index (χ4n) is 4.17. The number of benzene rings is 2. The first-order valence-electron chi connectivity index (χ1n) is 7.58. The van der Waals surface area contributed by atoms with Gasteiger partial charge in [0, 0.05) is 52.7 Å². The van der Waals surface area contributed by atoms with Crippen molar-refractivity contribution in [3.8, 4) is 0 Å². The summed E-state index contributed by atoms with van der Waals surface area (Å²) < 4.78 is 0. The van der Waals surface area contributed by atoms with Gasteiger partial charge in [-0.3, -0.25) is 30.3 Å². The Bertz CT molecular complexity index is 905. The molecule has 0 atom stereocenters. The van der Waals surface area contributed by atoms with E-state index in [4.69, 9.17) is 0 Å². The Morgan fingerprint density at radius 3 is 1.72 bits per heavy atom. The first-order valence-corrected chi connectivity index (χ1v) is 7.58. The summed E-state index contributed by atoms with van der Waals surface area (Å²) in [5.41, 5.74) is -0.201. The van der Waals surface area contributed by atoms with E-state index in [1.54, 1.807) is 12.1 Å². The van der Waals surface area contributed by atoms with Crippen molar-refractivity contribution in [1.82, 2.24) is 0 Å². The summed E-state index contributed by atoms with van der Waals surface area (Å²) in [6.07, 6.45) is 0.684. The Morgan fingerprint density at radius 2 is 1.32 bits per heavy atom. The lowest BCUT2D eigenvalue weighted by atomic mass is 9.59. The third kappa shape index (κ3) is 1.83. The Hall–Kier alpha value is -3.36. The third-order valence-electron chi connectivity index (χ3n) is 5.24. The summed E-state index contributed by atoms with van der Waals surface area (Å²) in [6, 6.07) is 8.31. The molecule has 0 fully saturated rings. The minimum absolute atomic E-state index is 0.145. The molecule has 0 saturated heterocycles. The van der Waals surface area contributed by atoms with Crippen LogP contribution in [0.1, 0.15) is 41.0 Å². The van der Waals surface area contributed by atoms with Gasteiger partial charge in [0.15, 0.2) is 0 Å². The van der Waals surface area contributed by atoms with E-state index in [0.717, 1.165) is 0 Å². The zero-order valence-corrected chi connectivity index (χ0v) is 12.7. The maximum absolute atomic E-state index is 12.1. The number of nitrogens with zero attached hydrogens (tertiary/aromatic N) is 3. The molecule has 0 aliphatic heterocycles. The van der Waals surface area contributed by atoms with Gasteiger partial charge >= 0.3 is 0 Å². The molecule has 0 N–H and O–H groups in total. The van der Waals surface area contributed by atoms with Crippen LogP contribution in [0.15, 0.2) is 36.4 Å². The van der Waals surface area contributed by atoms with Gasteiger partial charge < -0.3 is 0 Å². The number of non-ortho nitro benzene ring substituents is 2. The predicted octanol–water partition coefficient (Wildman–Crippen LogP) is 3.26. The van der Waals surface area contributed by atoms with Crippen LogP contribution in [0.25, 0.3) is 0 Å². The zero-order valence-electron chi connectivity index (χ0n) is 12.7. The van der Waals surface area contributed by atoms with Crippen LogP contribution in [0.4, 0.5) is 11.4 Å². The van der Waals surface area contributed by atoms with Gasteiger partial charge in [-0.05, 0) is 17.5 Å². The molecule has 2 aromatic carbocycles. The lowest BCUT2D eigenvalue weighted by molar-refractivity contribution is -0.570. The highest BCUT2D eigenvalue weighted by Gasteiger charge is 2.58. The lowest BCUT2D eigenvalue weighted by Gasteiger charge is -2.42. The van der Waals surface area contributed by atoms with E-state index in [0.29, 0.717) is 17.5 Å². The SMILES string of the molecule is O=[N+]([O-])c1ccc2c(c1)C1([N+](=O)[O-])CCC2c2ccc([N+](=O)[O-])cc21. The van der Waals surface area contributed by atoms with Gasteiger partial charge in [-0.1, -0.05) is 12.1 Å². The van der Waals surface area contributed by atoms with E-state index < -0.39 is 20.3 Å². The molecule has 5 rings (SSSR count). The van der Waals surface area contributed by atoms with Crippen LogP contribution in [0.3, 0.4) is 0 Å². The van der Waals surface area contributed by atoms with Crippen molar-refractivity contribution in [2.45, 2.75) is 24.3 Å². The predicted molar refractivity (Wildman–Crippen MR) is 85.0 cm³/mol. The minimum Gasteiger partial charge on any atom is -0.263 e. The third-order valence-corrected chi connectivity index (χ3v) is 5.24. The second-order valence-electron chi connectivity index (χ2n) is 6.27. The first kappa shape index (κ1) is 15.2. The maximum atomic E-state index is 12.1. The molecule has 0 spiro atoms. The van der Waals surface area contributed by atoms with E-state index >= 15 is 0 Å². The Labute approximate surface area is 140 Å². The van der Waals surface area contributed by atoms with Gasteiger partial charge in [0.1, 0.15) is 0 Å². The van der Waals surface area contributed by atoms with Gasteiger partial charge in [-0.15, -0.1) is 0 Å². The van der Waals surface area contributed by atoms with Gasteiger partial charge in [0.05, 0.1) is 9.85 Å². The van der Waals surface area contributed by atoms with Gasteiger partial charge in [0.25, 0.3) is 16.9 Å². The van der Waals surface area contributed by atoms with Gasteiger partial charge in [-0.25, -0.2) is 0 Å². The van der Waals surface area contributed by atoms with Crippen molar-refractivity contribution in [2.24, 2.45) is 0 Å². The molecule has 0 amide bonds. The Morgan fingerprint density at radius 1 is 0.840 bits per heavy atom. The van der Waals surface area contributed by atoms with Crippen LogP contribution < -0.4 is 0 Å². The smallest absolute Gasteiger partial charge is 0.263 e. The molecule has 9 nitrogen and oxygen atoms in total. The molecule has 2 bridgehead atoms. The van der Waals surface area contributed by atoms with E-state index in [2.05, 4.69) is 0 Å². The second kappa shape index (κ2) is 4.82. The van der Waals surface area contributed by atoms with Crippen molar-refractivity contribution >= 4 is 11.4 Å². The molecule has 3 aliphatic carbocycles. The molecule has 2 aromatic rings. The Kier molecular flexibility index (Phi) is 2.93. The molecular formula is C16H11N3O6. The highest BCUT2D eigenvalue weighted by atomic mass is 16.6. The Balaban J connectivity index is 2.06. The summed E-state index contributed by atoms with van der Waals surface area (Å²) in [6.45, 7) is 0. The van der Waals surface area contributed by atoms with Crippen LogP contribution in [0.5, 0.6) is 0 Å². The average Bonchev–Trinajstić information content (AvgIpc) is 2.60. The fourth-order valence-corrected chi connectivity index (χ4v) is 4.17. The summed E-state index contributed by atoms with van der Waals surface area (Å²) in [5.74, 6) is -0.145. The summed E-state index contributed by atoms with van der Waals surface area (Å²) >= 11 is 0. The quantitative estimate of drug-likeness (QED) is 0.622. The molecule has 0 radical (unpaired) electrons. The van der Waals surface area contributed by atoms with Crippen molar-refractivity contribution in [1.29, 1.82) is 0 Å². The van der Waals surface area contributed by atoms with E-state index in [1.165, 1.54) is 24.3 Å². The van der Waals surface area contributed by atoms with Crippen molar-refractivity contribution in [2.75, 3.05) is 0 Å². The standard InChI is InChI=1S/C16H11N3O6/c20-17(21)9-1-3-12-11-5-6-16(19(24)25,14(12)7-9)15-8-10(18(22)23)2-4-13(11)15/h1-4,7-8,11H,5-6H2. The molecule has 25 heavy (non-hydrogen) atoms. The van der Waals surface area contributed by atoms with E-state index in [1.807, 2.05) is 0 Å². The number of hydrogen-bond donors (Lipinski definition) is 0. The number of nitro groups is 3. The summed E-state index contributed by atoms with van der Waals surface area (Å²) in [5, 5.41) is 34.3. The number of fused-ring (bicyclic) bond motifs is 1. The highest BCUT2D eigenvalue weighted by Crippen LogP contribution is 2.57. The summed E-state index contributed by atoms with van der Waals surface area (Å²) in [4.78, 5) is 32.6. The second-order valence-corrected chi connectivity index (χ2v) is 6.27. The van der Waals surface area contributed by atoms with Crippen molar-refractivity contribution in [3.63, 3.8) is 0 Å². The molecular weight excluding hydrogens is 330 g/mol. The van der Waals surface area contributed by atoms with Gasteiger partial charge in [-0.2, -0.15) is 0 Å². The van der Waals surface area contributed by atoms with E-state index in [-0.39, 0.29) is 34.8 Å². The molecule has 0 aromatic heterocycles. The highest BCUT2D eigenvalue weighted by molar-refractivity contribution is 5.61. The molecule has 0 saturated carbocycles. The lowest BCUT2D eigenvalue weighted by Crippen LogP contribution is -2.46. The molecule has 0 heterocycles. The summed E-state index contributed by atoms with van der Waals surface area (Å²) in [7, 11) is 0. The van der Waals surface area contributed by atoms with Crippen molar-refractivity contribution < 1.29 is 14.8 Å².